The smallest absolute Gasteiger partial charge is 0.181 e. The van der Waals surface area contributed by atoms with Gasteiger partial charge in [0.25, 0.3) is 0 Å². The third-order valence-electron chi connectivity index (χ3n) is 3.03. The highest BCUT2D eigenvalue weighted by Gasteiger charge is 2.29. The molecule has 1 saturated carbocycles. The van der Waals surface area contributed by atoms with Crippen LogP contribution < -0.4 is 5.32 Å². The molecule has 1 aliphatic carbocycles. The average Bonchev–Trinajstić information content (AvgIpc) is 3.14. The first-order chi connectivity index (χ1) is 9.19. The molecule has 0 spiro atoms. The zero-order chi connectivity index (χ0) is 13.4. The molecule has 100 valence electrons. The van der Waals surface area contributed by atoms with Crippen molar-refractivity contribution in [1.82, 2.24) is 15.0 Å². The van der Waals surface area contributed by atoms with E-state index in [-0.39, 0.29) is 0 Å². The van der Waals surface area contributed by atoms with Gasteiger partial charge in [-0.3, -0.25) is 0 Å². The summed E-state index contributed by atoms with van der Waals surface area (Å²) in [6.45, 7) is 4.91. The Hall–Kier alpha value is -1.01. The third kappa shape index (κ3) is 2.65. The van der Waals surface area contributed by atoms with Crippen molar-refractivity contribution in [2.75, 3.05) is 11.9 Å². The number of aryl methyl sites for hydroxylation is 1. The van der Waals surface area contributed by atoms with Crippen LogP contribution in [0.15, 0.2) is 9.85 Å². The van der Waals surface area contributed by atoms with E-state index in [1.165, 1.54) is 12.8 Å². The van der Waals surface area contributed by atoms with E-state index in [0.717, 1.165) is 39.1 Å². The van der Waals surface area contributed by atoms with Crippen LogP contribution in [-0.4, -0.2) is 21.5 Å². The van der Waals surface area contributed by atoms with Gasteiger partial charge in [0.15, 0.2) is 5.82 Å². The quantitative estimate of drug-likeness (QED) is 0.915. The molecule has 0 aliphatic heterocycles. The summed E-state index contributed by atoms with van der Waals surface area (Å²) in [4.78, 5) is 13.8. The maximum atomic E-state index is 4.71. The van der Waals surface area contributed by atoms with E-state index < -0.39 is 0 Å². The van der Waals surface area contributed by atoms with E-state index in [0.29, 0.717) is 5.92 Å². The second-order valence-electron chi connectivity index (χ2n) is 4.65. The number of hydrogen-bond donors (Lipinski definition) is 1. The van der Waals surface area contributed by atoms with E-state index in [2.05, 4.69) is 38.1 Å². The number of anilines is 1. The first-order valence-corrected chi connectivity index (χ1v) is 8.10. The molecule has 0 unspecified atom stereocenters. The maximum Gasteiger partial charge on any atom is 0.181 e. The van der Waals surface area contributed by atoms with Gasteiger partial charge in [-0.25, -0.2) is 15.0 Å². The molecule has 0 radical (unpaired) electrons. The minimum absolute atomic E-state index is 0.577. The summed E-state index contributed by atoms with van der Waals surface area (Å²) in [5.74, 6) is 2.18. The van der Waals surface area contributed by atoms with Crippen LogP contribution in [0.1, 0.15) is 36.4 Å². The molecular weight excluding hydrogens is 324 g/mol. The lowest BCUT2D eigenvalue weighted by atomic mass is 10.2. The fourth-order valence-electron chi connectivity index (χ4n) is 1.96. The van der Waals surface area contributed by atoms with Crippen LogP contribution in [0, 0.1) is 6.92 Å². The standard InChI is InChI=1S/C13H15BrN4S/c1-3-15-13-10(14)11(8-4-5-8)17-12(18-13)9-6-19-7(2)16-9/h6,8H,3-5H2,1-2H3,(H,15,17,18). The number of aromatic nitrogens is 3. The van der Waals surface area contributed by atoms with E-state index >= 15 is 0 Å². The summed E-state index contributed by atoms with van der Waals surface area (Å²) < 4.78 is 1.01. The Bertz CT molecular complexity index is 607. The maximum absolute atomic E-state index is 4.71. The summed E-state index contributed by atoms with van der Waals surface area (Å²) in [7, 11) is 0. The zero-order valence-electron chi connectivity index (χ0n) is 10.9. The van der Waals surface area contributed by atoms with E-state index in [4.69, 9.17) is 4.98 Å². The van der Waals surface area contributed by atoms with Crippen LogP contribution in [0.25, 0.3) is 11.5 Å². The second-order valence-corrected chi connectivity index (χ2v) is 6.51. The van der Waals surface area contributed by atoms with Gasteiger partial charge in [-0.2, -0.15) is 0 Å². The minimum Gasteiger partial charge on any atom is -0.369 e. The molecule has 4 nitrogen and oxygen atoms in total. The van der Waals surface area contributed by atoms with Gasteiger partial charge in [0.05, 0.1) is 15.2 Å². The molecule has 19 heavy (non-hydrogen) atoms. The fraction of sp³-hybridized carbons (Fsp3) is 0.462. The molecule has 1 fully saturated rings. The SMILES string of the molecule is CCNc1nc(-c2csc(C)n2)nc(C2CC2)c1Br. The Balaban J connectivity index is 2.08. The summed E-state index contributed by atoms with van der Waals surface area (Å²) in [6.07, 6.45) is 2.44. The molecule has 6 heteroatoms. The van der Waals surface area contributed by atoms with Crippen molar-refractivity contribution in [3.63, 3.8) is 0 Å². The number of rotatable bonds is 4. The van der Waals surface area contributed by atoms with Gasteiger partial charge >= 0.3 is 0 Å². The van der Waals surface area contributed by atoms with Crippen LogP contribution in [0.3, 0.4) is 0 Å². The van der Waals surface area contributed by atoms with Crippen LogP contribution in [0.2, 0.25) is 0 Å². The predicted octanol–water partition coefficient (Wildman–Crippen LogP) is 3.98. The van der Waals surface area contributed by atoms with E-state index in [9.17, 15) is 0 Å². The van der Waals surface area contributed by atoms with E-state index in [1.54, 1.807) is 11.3 Å². The molecule has 0 bridgehead atoms. The first kappa shape index (κ1) is 13.0. The molecular formula is C13H15BrN4S. The lowest BCUT2D eigenvalue weighted by Crippen LogP contribution is -2.06. The number of halogens is 1. The largest absolute Gasteiger partial charge is 0.369 e. The average molecular weight is 339 g/mol. The molecule has 3 rings (SSSR count). The van der Waals surface area contributed by atoms with Crippen molar-refractivity contribution in [1.29, 1.82) is 0 Å². The minimum atomic E-state index is 0.577. The van der Waals surface area contributed by atoms with Crippen molar-refractivity contribution >= 4 is 33.1 Å². The Morgan fingerprint density at radius 2 is 2.16 bits per heavy atom. The van der Waals surface area contributed by atoms with Gasteiger partial charge in [0.1, 0.15) is 11.5 Å². The Kier molecular flexibility index (Phi) is 3.54. The summed E-state index contributed by atoms with van der Waals surface area (Å²) in [5.41, 5.74) is 1.99. The van der Waals surface area contributed by atoms with Crippen molar-refractivity contribution < 1.29 is 0 Å². The summed E-state index contributed by atoms with van der Waals surface area (Å²) in [5, 5.41) is 6.35. The molecule has 2 aromatic heterocycles. The van der Waals surface area contributed by atoms with E-state index in [1.807, 2.05) is 12.3 Å². The monoisotopic (exact) mass is 338 g/mol. The van der Waals surface area contributed by atoms with Crippen molar-refractivity contribution in [2.45, 2.75) is 32.6 Å². The Labute approximate surface area is 124 Å². The fourth-order valence-corrected chi connectivity index (χ4v) is 3.19. The lowest BCUT2D eigenvalue weighted by Gasteiger charge is -2.10. The molecule has 0 saturated heterocycles. The normalized spacial score (nSPS) is 14.7. The van der Waals surface area contributed by atoms with Crippen molar-refractivity contribution in [3.05, 3.63) is 20.6 Å². The molecule has 1 N–H and O–H groups in total. The summed E-state index contributed by atoms with van der Waals surface area (Å²) in [6, 6.07) is 0. The Morgan fingerprint density at radius 1 is 1.37 bits per heavy atom. The predicted molar refractivity (Wildman–Crippen MR) is 81.7 cm³/mol. The molecule has 0 amide bonds. The van der Waals surface area contributed by atoms with Crippen molar-refractivity contribution in [3.8, 4) is 11.5 Å². The van der Waals surface area contributed by atoms with Gasteiger partial charge in [-0.1, -0.05) is 0 Å². The molecule has 1 aliphatic rings. The molecule has 0 atom stereocenters. The van der Waals surface area contributed by atoms with Gasteiger partial charge in [0.2, 0.25) is 0 Å². The first-order valence-electron chi connectivity index (χ1n) is 6.42. The number of nitrogens with zero attached hydrogens (tertiary/aromatic N) is 3. The number of thiazole rings is 1. The van der Waals surface area contributed by atoms with Gasteiger partial charge in [0, 0.05) is 17.8 Å². The highest BCUT2D eigenvalue weighted by Crippen LogP contribution is 2.44. The zero-order valence-corrected chi connectivity index (χ0v) is 13.3. The Morgan fingerprint density at radius 3 is 2.74 bits per heavy atom. The third-order valence-corrected chi connectivity index (χ3v) is 4.59. The molecule has 2 aromatic rings. The van der Waals surface area contributed by atoms with Crippen LogP contribution >= 0.6 is 27.3 Å². The van der Waals surface area contributed by atoms with Gasteiger partial charge in [-0.15, -0.1) is 11.3 Å². The summed E-state index contributed by atoms with van der Waals surface area (Å²) >= 11 is 5.26. The molecule has 0 aromatic carbocycles. The second kappa shape index (κ2) is 5.17. The van der Waals surface area contributed by atoms with Gasteiger partial charge in [-0.05, 0) is 42.6 Å². The van der Waals surface area contributed by atoms with Crippen LogP contribution in [0.4, 0.5) is 5.82 Å². The van der Waals surface area contributed by atoms with Gasteiger partial charge < -0.3 is 5.32 Å². The highest BCUT2D eigenvalue weighted by atomic mass is 79.9. The lowest BCUT2D eigenvalue weighted by molar-refractivity contribution is 0.969. The van der Waals surface area contributed by atoms with Crippen LogP contribution in [-0.2, 0) is 0 Å². The van der Waals surface area contributed by atoms with Crippen LogP contribution in [0.5, 0.6) is 0 Å². The molecule has 2 heterocycles. The number of nitrogens with one attached hydrogen (secondary N) is 1. The number of hydrogen-bond acceptors (Lipinski definition) is 5. The topological polar surface area (TPSA) is 50.7 Å². The highest BCUT2D eigenvalue weighted by molar-refractivity contribution is 9.10. The van der Waals surface area contributed by atoms with Crippen molar-refractivity contribution in [2.24, 2.45) is 0 Å².